The third-order valence-electron chi connectivity index (χ3n) is 11.5. The van der Waals surface area contributed by atoms with Gasteiger partial charge in [0.05, 0.1) is 33.6 Å². The molecule has 0 N–H and O–H groups in total. The zero-order valence-corrected chi connectivity index (χ0v) is 31.0. The Hall–Kier alpha value is -7.23. The number of aromatic nitrogens is 3. The minimum Gasteiger partial charge on any atom is -0.310 e. The van der Waals surface area contributed by atoms with E-state index in [1.165, 1.54) is 60.8 Å². The van der Waals surface area contributed by atoms with E-state index in [-0.39, 0.29) is 0 Å². The van der Waals surface area contributed by atoms with Crippen LogP contribution in [-0.2, 0) is 0 Å². The van der Waals surface area contributed by atoms with Crippen LogP contribution in [0.3, 0.4) is 0 Å². The van der Waals surface area contributed by atoms with Crippen molar-refractivity contribution in [3.8, 4) is 56.1 Å². The molecule has 1 unspecified atom stereocenters. The predicted octanol–water partition coefficient (Wildman–Crippen LogP) is 13.9. The van der Waals surface area contributed by atoms with Gasteiger partial charge < -0.3 is 9.13 Å². The molecule has 3 nitrogen and oxygen atoms in total. The summed E-state index contributed by atoms with van der Waals surface area (Å²) in [4.78, 5) is 5.10. The second-order valence-electron chi connectivity index (χ2n) is 14.8. The smallest absolute Gasteiger partial charge is 0.0715 e. The lowest BCUT2D eigenvalue weighted by Crippen LogP contribution is -1.96. The van der Waals surface area contributed by atoms with Gasteiger partial charge in [0.1, 0.15) is 0 Å². The molecule has 264 valence electrons. The van der Waals surface area contributed by atoms with Crippen LogP contribution >= 0.6 is 0 Å². The molecule has 0 fully saturated rings. The topological polar surface area (TPSA) is 22.8 Å². The fourth-order valence-electron chi connectivity index (χ4n) is 8.79. The maximum absolute atomic E-state index is 5.10. The third-order valence-corrected chi connectivity index (χ3v) is 11.5. The molecule has 1 aliphatic carbocycles. The summed E-state index contributed by atoms with van der Waals surface area (Å²) in [6, 6.07) is 67.8. The lowest BCUT2D eigenvalue weighted by atomic mass is 9.98. The van der Waals surface area contributed by atoms with Gasteiger partial charge in [-0.1, -0.05) is 140 Å². The average molecular weight is 716 g/mol. The number of hydrogen-bond donors (Lipinski definition) is 0. The Morgan fingerprint density at radius 3 is 1.66 bits per heavy atom. The van der Waals surface area contributed by atoms with Gasteiger partial charge in [-0.15, -0.1) is 0 Å². The molecule has 3 heterocycles. The van der Waals surface area contributed by atoms with Crippen molar-refractivity contribution in [1.29, 1.82) is 0 Å². The van der Waals surface area contributed by atoms with E-state index in [1.807, 2.05) is 12.1 Å². The first-order valence-electron chi connectivity index (χ1n) is 19.4. The van der Waals surface area contributed by atoms with Crippen molar-refractivity contribution in [2.24, 2.45) is 0 Å². The number of fused-ring (bicyclic) bond motifs is 6. The molecule has 0 bridgehead atoms. The minimum absolute atomic E-state index is 0.364. The SMILES string of the molecule is CC1C=Cc2c1c1cc(-c3ccc4c5ccccc5n(-c5ccc(-c6cc(-c7ccccc7)nc(-c7ccccc7)c6)cc5)c4c3)ccc1n2-c1ccccc1. The Bertz CT molecular complexity index is 3060. The lowest BCUT2D eigenvalue weighted by molar-refractivity contribution is 0.990. The van der Waals surface area contributed by atoms with E-state index in [4.69, 9.17) is 4.98 Å². The number of pyridine rings is 1. The minimum atomic E-state index is 0.364. The lowest BCUT2D eigenvalue weighted by Gasteiger charge is -2.13. The van der Waals surface area contributed by atoms with Crippen LogP contribution in [0.4, 0.5) is 0 Å². The molecule has 56 heavy (non-hydrogen) atoms. The van der Waals surface area contributed by atoms with Crippen molar-refractivity contribution in [2.45, 2.75) is 12.8 Å². The second kappa shape index (κ2) is 13.0. The molecule has 0 spiro atoms. The molecule has 0 amide bonds. The maximum atomic E-state index is 5.10. The van der Waals surface area contributed by atoms with Crippen LogP contribution in [0.2, 0.25) is 0 Å². The quantitative estimate of drug-likeness (QED) is 0.168. The first-order valence-corrected chi connectivity index (χ1v) is 19.4. The van der Waals surface area contributed by atoms with Gasteiger partial charge in [-0.2, -0.15) is 0 Å². The first kappa shape index (κ1) is 32.2. The molecule has 0 saturated heterocycles. The van der Waals surface area contributed by atoms with E-state index < -0.39 is 0 Å². The van der Waals surface area contributed by atoms with Gasteiger partial charge in [0.2, 0.25) is 0 Å². The summed E-state index contributed by atoms with van der Waals surface area (Å²) in [6.07, 6.45) is 4.62. The van der Waals surface area contributed by atoms with Gasteiger partial charge in [0.15, 0.2) is 0 Å². The van der Waals surface area contributed by atoms with Crippen LogP contribution in [-0.4, -0.2) is 14.1 Å². The third kappa shape index (κ3) is 5.24. The number of para-hydroxylation sites is 2. The van der Waals surface area contributed by atoms with E-state index in [9.17, 15) is 0 Å². The van der Waals surface area contributed by atoms with Crippen LogP contribution < -0.4 is 0 Å². The molecular formula is C53H37N3. The normalized spacial score (nSPS) is 13.6. The number of hydrogen-bond acceptors (Lipinski definition) is 1. The van der Waals surface area contributed by atoms with Crippen LogP contribution in [0.25, 0.3) is 94.9 Å². The highest BCUT2D eigenvalue weighted by Gasteiger charge is 2.24. The van der Waals surface area contributed by atoms with E-state index in [2.05, 4.69) is 204 Å². The zero-order chi connectivity index (χ0) is 37.2. The Morgan fingerprint density at radius 1 is 0.393 bits per heavy atom. The van der Waals surface area contributed by atoms with Gasteiger partial charge in [0.25, 0.3) is 0 Å². The molecule has 10 aromatic rings. The van der Waals surface area contributed by atoms with Crippen molar-refractivity contribution in [3.05, 3.63) is 205 Å². The zero-order valence-electron chi connectivity index (χ0n) is 31.0. The van der Waals surface area contributed by atoms with Crippen molar-refractivity contribution in [3.63, 3.8) is 0 Å². The van der Waals surface area contributed by atoms with Crippen LogP contribution in [0.5, 0.6) is 0 Å². The van der Waals surface area contributed by atoms with Crippen LogP contribution in [0.1, 0.15) is 24.1 Å². The highest BCUT2D eigenvalue weighted by atomic mass is 15.0. The van der Waals surface area contributed by atoms with Crippen LogP contribution in [0.15, 0.2) is 194 Å². The van der Waals surface area contributed by atoms with Crippen molar-refractivity contribution in [2.75, 3.05) is 0 Å². The van der Waals surface area contributed by atoms with Crippen molar-refractivity contribution in [1.82, 2.24) is 14.1 Å². The molecular weight excluding hydrogens is 679 g/mol. The first-order chi connectivity index (χ1) is 27.7. The summed E-state index contributed by atoms with van der Waals surface area (Å²) < 4.78 is 4.83. The van der Waals surface area contributed by atoms with Crippen molar-refractivity contribution < 1.29 is 0 Å². The fourth-order valence-corrected chi connectivity index (χ4v) is 8.79. The van der Waals surface area contributed by atoms with Gasteiger partial charge in [-0.3, -0.25) is 0 Å². The van der Waals surface area contributed by atoms with E-state index in [1.54, 1.807) is 0 Å². The van der Waals surface area contributed by atoms with E-state index in [0.717, 1.165) is 39.3 Å². The number of allylic oxidation sites excluding steroid dienone is 1. The standard InChI is InChI=1S/C53H37N3/c1-35-21-29-51-53(35)46-31-39(25-30-50(46)55(51)42-17-9-4-10-18-42)40-24-28-45-44-19-11-12-20-49(44)56(52(45)34-40)43-26-22-36(23-27-43)41-32-47(37-13-5-2-6-14-37)54-48(33-41)38-15-7-3-8-16-38/h2-35H,1H3. The Balaban J connectivity index is 1.03. The molecule has 0 radical (unpaired) electrons. The summed E-state index contributed by atoms with van der Waals surface area (Å²) in [6.45, 7) is 2.30. The predicted molar refractivity (Wildman–Crippen MR) is 235 cm³/mol. The largest absolute Gasteiger partial charge is 0.310 e. The Kier molecular flexibility index (Phi) is 7.46. The van der Waals surface area contributed by atoms with E-state index in [0.29, 0.717) is 5.92 Å². The summed E-state index contributed by atoms with van der Waals surface area (Å²) in [7, 11) is 0. The van der Waals surface area contributed by atoms with Gasteiger partial charge in [-0.05, 0) is 94.6 Å². The molecule has 0 saturated carbocycles. The number of nitrogens with zero attached hydrogens (tertiary/aromatic N) is 3. The number of rotatable bonds is 6. The second-order valence-corrected chi connectivity index (χ2v) is 14.8. The number of benzene rings is 7. The van der Waals surface area contributed by atoms with Gasteiger partial charge in [0, 0.05) is 44.6 Å². The summed E-state index contributed by atoms with van der Waals surface area (Å²) in [5, 5.41) is 3.81. The van der Waals surface area contributed by atoms with Gasteiger partial charge >= 0.3 is 0 Å². The summed E-state index contributed by atoms with van der Waals surface area (Å²) in [5.41, 5.74) is 17.5. The van der Waals surface area contributed by atoms with Gasteiger partial charge in [-0.25, -0.2) is 4.98 Å². The summed E-state index contributed by atoms with van der Waals surface area (Å²) >= 11 is 0. The van der Waals surface area contributed by atoms with Crippen molar-refractivity contribution >= 4 is 38.8 Å². The van der Waals surface area contributed by atoms with Crippen LogP contribution in [0, 0.1) is 0 Å². The molecule has 0 aliphatic heterocycles. The molecule has 1 aliphatic rings. The Labute approximate surface area is 326 Å². The fraction of sp³-hybridized carbons (Fsp3) is 0.0377. The van der Waals surface area contributed by atoms with E-state index >= 15 is 0 Å². The average Bonchev–Trinajstić information content (AvgIpc) is 3.93. The summed E-state index contributed by atoms with van der Waals surface area (Å²) in [5.74, 6) is 0.364. The molecule has 7 aromatic carbocycles. The Morgan fingerprint density at radius 2 is 0.946 bits per heavy atom. The maximum Gasteiger partial charge on any atom is 0.0715 e. The monoisotopic (exact) mass is 715 g/mol. The molecule has 1 atom stereocenters. The highest BCUT2D eigenvalue weighted by Crippen LogP contribution is 2.42. The molecule has 11 rings (SSSR count). The molecule has 3 aromatic heterocycles. The highest BCUT2D eigenvalue weighted by molar-refractivity contribution is 6.10. The molecule has 3 heteroatoms.